The van der Waals surface area contributed by atoms with Crippen LogP contribution in [0, 0.1) is 19.7 Å². The van der Waals surface area contributed by atoms with Crippen LogP contribution in [0.4, 0.5) is 4.39 Å². The van der Waals surface area contributed by atoms with Crippen molar-refractivity contribution in [1.29, 1.82) is 0 Å². The molecule has 0 saturated heterocycles. The van der Waals surface area contributed by atoms with E-state index < -0.39 is 0 Å². The Labute approximate surface area is 162 Å². The number of nitrogens with one attached hydrogen (secondary N) is 1. The lowest BCUT2D eigenvalue weighted by molar-refractivity contribution is -0.120. The fourth-order valence-electron chi connectivity index (χ4n) is 2.45. The lowest BCUT2D eigenvalue weighted by Crippen LogP contribution is -2.24. The van der Waals surface area contributed by atoms with E-state index in [9.17, 15) is 9.18 Å². The number of amides is 1. The maximum Gasteiger partial charge on any atom is 0.226 e. The van der Waals surface area contributed by atoms with Gasteiger partial charge >= 0.3 is 0 Å². The summed E-state index contributed by atoms with van der Waals surface area (Å²) in [5, 5.41) is 5.47. The van der Waals surface area contributed by atoms with Crippen LogP contribution >= 0.6 is 11.3 Å². The van der Waals surface area contributed by atoms with E-state index in [0.717, 1.165) is 16.3 Å². The number of hydrogen-bond acceptors (Lipinski definition) is 4. The van der Waals surface area contributed by atoms with Crippen LogP contribution < -0.4 is 10.1 Å². The largest absolute Gasteiger partial charge is 0.486 e. The first-order chi connectivity index (χ1) is 13.0. The Kier molecular flexibility index (Phi) is 6.19. The average molecular weight is 384 g/mol. The summed E-state index contributed by atoms with van der Waals surface area (Å²) in [5.74, 6) is 0.382. The molecule has 27 heavy (non-hydrogen) atoms. The van der Waals surface area contributed by atoms with E-state index in [4.69, 9.17) is 4.74 Å². The summed E-state index contributed by atoms with van der Waals surface area (Å²) in [7, 11) is 0. The van der Waals surface area contributed by atoms with Crippen molar-refractivity contribution in [3.8, 4) is 5.75 Å². The molecule has 2 aromatic carbocycles. The average Bonchev–Trinajstić information content (AvgIpc) is 3.09. The molecule has 4 nitrogen and oxygen atoms in total. The van der Waals surface area contributed by atoms with E-state index in [2.05, 4.69) is 10.3 Å². The molecule has 0 bridgehead atoms. The molecule has 6 heteroatoms. The first-order valence-corrected chi connectivity index (χ1v) is 9.52. The second-order valence-electron chi connectivity index (χ2n) is 6.37. The first kappa shape index (κ1) is 19.0. The highest BCUT2D eigenvalue weighted by Crippen LogP contribution is 2.16. The third kappa shape index (κ3) is 5.62. The quantitative estimate of drug-likeness (QED) is 0.659. The predicted molar refractivity (Wildman–Crippen MR) is 104 cm³/mol. The van der Waals surface area contributed by atoms with Gasteiger partial charge in [0.1, 0.15) is 23.2 Å². The smallest absolute Gasteiger partial charge is 0.226 e. The molecule has 0 unspecified atom stereocenters. The van der Waals surface area contributed by atoms with Crippen molar-refractivity contribution in [1.82, 2.24) is 10.3 Å². The van der Waals surface area contributed by atoms with Gasteiger partial charge in [0.15, 0.2) is 0 Å². The van der Waals surface area contributed by atoms with Crippen molar-refractivity contribution in [3.63, 3.8) is 0 Å². The molecule has 3 aromatic rings. The van der Waals surface area contributed by atoms with E-state index >= 15 is 0 Å². The Balaban J connectivity index is 1.47. The van der Waals surface area contributed by atoms with Crippen molar-refractivity contribution >= 4 is 17.2 Å². The van der Waals surface area contributed by atoms with Gasteiger partial charge in [0.2, 0.25) is 5.91 Å². The topological polar surface area (TPSA) is 51.2 Å². The van der Waals surface area contributed by atoms with Gasteiger partial charge in [-0.25, -0.2) is 9.37 Å². The van der Waals surface area contributed by atoms with Gasteiger partial charge in [0, 0.05) is 11.9 Å². The summed E-state index contributed by atoms with van der Waals surface area (Å²) < 4.78 is 19.2. The number of thiazole rings is 1. The maximum atomic E-state index is 13.5. The van der Waals surface area contributed by atoms with Crippen LogP contribution in [0.2, 0.25) is 0 Å². The summed E-state index contributed by atoms with van der Waals surface area (Å²) in [6.45, 7) is 4.40. The molecule has 3 rings (SSSR count). The lowest BCUT2D eigenvalue weighted by Gasteiger charge is -2.06. The summed E-state index contributed by atoms with van der Waals surface area (Å²) >= 11 is 1.47. The third-order valence-corrected chi connectivity index (χ3v) is 4.92. The summed E-state index contributed by atoms with van der Waals surface area (Å²) in [4.78, 5) is 16.5. The molecular weight excluding hydrogens is 363 g/mol. The van der Waals surface area contributed by atoms with Crippen LogP contribution in [-0.2, 0) is 24.4 Å². The predicted octanol–water partition coefficient (Wildman–Crippen LogP) is 4.34. The van der Waals surface area contributed by atoms with Gasteiger partial charge in [-0.3, -0.25) is 4.79 Å². The SMILES string of the molecule is Cc1ccc(OCc2nc(CC(=O)NCc3ccc(C)c(F)c3)cs2)cc1. The molecule has 0 fully saturated rings. The highest BCUT2D eigenvalue weighted by Gasteiger charge is 2.09. The van der Waals surface area contributed by atoms with Gasteiger partial charge in [-0.1, -0.05) is 29.8 Å². The molecule has 0 aliphatic carbocycles. The zero-order chi connectivity index (χ0) is 19.2. The standard InChI is InChI=1S/C21H21FN2O2S/c1-14-3-7-18(8-4-14)26-12-21-24-17(13-27-21)10-20(25)23-11-16-6-5-15(2)19(22)9-16/h3-9,13H,10-12H2,1-2H3,(H,23,25). The molecule has 1 aromatic heterocycles. The van der Waals surface area contributed by atoms with Crippen LogP contribution in [0.15, 0.2) is 47.8 Å². The van der Waals surface area contributed by atoms with Crippen molar-refractivity contribution in [2.75, 3.05) is 0 Å². The second kappa shape index (κ2) is 8.77. The molecule has 0 aliphatic rings. The number of benzene rings is 2. The summed E-state index contributed by atoms with van der Waals surface area (Å²) in [6.07, 6.45) is 0.190. The highest BCUT2D eigenvalue weighted by atomic mass is 32.1. The van der Waals surface area contributed by atoms with Gasteiger partial charge in [0.05, 0.1) is 12.1 Å². The van der Waals surface area contributed by atoms with Gasteiger partial charge < -0.3 is 10.1 Å². The Morgan fingerprint density at radius 1 is 1.19 bits per heavy atom. The van der Waals surface area contributed by atoms with Gasteiger partial charge in [-0.05, 0) is 43.2 Å². The number of aryl methyl sites for hydroxylation is 2. The van der Waals surface area contributed by atoms with Gasteiger partial charge in [-0.15, -0.1) is 11.3 Å². The Morgan fingerprint density at radius 2 is 1.96 bits per heavy atom. The maximum absolute atomic E-state index is 13.5. The van der Waals surface area contributed by atoms with E-state index in [1.165, 1.54) is 23.0 Å². The number of aromatic nitrogens is 1. The molecule has 0 atom stereocenters. The number of halogens is 1. The van der Waals surface area contributed by atoms with Crippen molar-refractivity contribution in [2.24, 2.45) is 0 Å². The minimum Gasteiger partial charge on any atom is -0.486 e. The van der Waals surface area contributed by atoms with Crippen LogP contribution in [0.3, 0.4) is 0 Å². The highest BCUT2D eigenvalue weighted by molar-refractivity contribution is 7.09. The molecule has 140 valence electrons. The summed E-state index contributed by atoms with van der Waals surface area (Å²) in [5.41, 5.74) is 3.21. The number of nitrogens with zero attached hydrogens (tertiary/aromatic N) is 1. The number of carbonyl (C=O) groups is 1. The van der Waals surface area contributed by atoms with Crippen LogP contribution in [0.5, 0.6) is 5.75 Å². The Morgan fingerprint density at radius 3 is 2.70 bits per heavy atom. The number of ether oxygens (including phenoxy) is 1. The van der Waals surface area contributed by atoms with E-state index in [-0.39, 0.29) is 18.1 Å². The van der Waals surface area contributed by atoms with Gasteiger partial charge in [-0.2, -0.15) is 0 Å². The summed E-state index contributed by atoms with van der Waals surface area (Å²) in [6, 6.07) is 12.8. The second-order valence-corrected chi connectivity index (χ2v) is 7.31. The zero-order valence-corrected chi connectivity index (χ0v) is 16.1. The van der Waals surface area contributed by atoms with Crippen LogP contribution in [0.25, 0.3) is 0 Å². The van der Waals surface area contributed by atoms with Crippen LogP contribution in [0.1, 0.15) is 27.4 Å². The number of carbonyl (C=O) groups excluding carboxylic acids is 1. The van der Waals surface area contributed by atoms with Crippen molar-refractivity contribution in [2.45, 2.75) is 33.4 Å². The molecule has 1 N–H and O–H groups in total. The van der Waals surface area contributed by atoms with Crippen molar-refractivity contribution in [3.05, 3.63) is 81.1 Å². The van der Waals surface area contributed by atoms with Crippen molar-refractivity contribution < 1.29 is 13.9 Å². The fourth-order valence-corrected chi connectivity index (χ4v) is 3.15. The fraction of sp³-hybridized carbons (Fsp3) is 0.238. The lowest BCUT2D eigenvalue weighted by atomic mass is 10.1. The Bertz CT molecular complexity index is 922. The van der Waals surface area contributed by atoms with E-state index in [1.54, 1.807) is 13.0 Å². The molecule has 0 spiro atoms. The monoisotopic (exact) mass is 384 g/mol. The van der Waals surface area contributed by atoms with E-state index in [1.807, 2.05) is 42.6 Å². The number of hydrogen-bond donors (Lipinski definition) is 1. The molecule has 0 aliphatic heterocycles. The van der Waals surface area contributed by atoms with Crippen LogP contribution in [-0.4, -0.2) is 10.9 Å². The minimum atomic E-state index is -0.264. The van der Waals surface area contributed by atoms with Gasteiger partial charge in [0.25, 0.3) is 0 Å². The molecule has 1 heterocycles. The molecule has 0 saturated carbocycles. The van der Waals surface area contributed by atoms with E-state index in [0.29, 0.717) is 24.4 Å². The minimum absolute atomic E-state index is 0.146. The third-order valence-electron chi connectivity index (χ3n) is 4.05. The Hall–Kier alpha value is -2.73. The molecule has 0 radical (unpaired) electrons. The number of rotatable bonds is 7. The normalized spacial score (nSPS) is 10.6. The zero-order valence-electron chi connectivity index (χ0n) is 15.3. The molecular formula is C21H21FN2O2S. The molecule has 1 amide bonds. The first-order valence-electron chi connectivity index (χ1n) is 8.64.